The third-order valence-electron chi connectivity index (χ3n) is 2.20. The lowest BCUT2D eigenvalue weighted by atomic mass is 10.2. The monoisotopic (exact) mass is 216 g/mol. The number of nitrogens with two attached hydrogens (primary N) is 1. The second-order valence-electron chi connectivity index (χ2n) is 3.40. The molecule has 6 nitrogen and oxygen atoms in total. The zero-order valence-corrected chi connectivity index (χ0v) is 8.69. The fourth-order valence-electron chi connectivity index (χ4n) is 1.20. The normalized spacial score (nSPS) is 16.9. The van der Waals surface area contributed by atoms with Crippen molar-refractivity contribution < 1.29 is 19.1 Å². The predicted octanol–water partition coefficient (Wildman–Crippen LogP) is -1.01. The highest BCUT2D eigenvalue weighted by atomic mass is 16.6. The van der Waals surface area contributed by atoms with Crippen molar-refractivity contribution in [2.45, 2.75) is 18.9 Å². The van der Waals surface area contributed by atoms with Crippen molar-refractivity contribution in [3.05, 3.63) is 0 Å². The van der Waals surface area contributed by atoms with Gasteiger partial charge in [0.15, 0.2) is 6.10 Å². The molecule has 0 radical (unpaired) electrons. The third kappa shape index (κ3) is 3.85. The molecule has 3 N–H and O–H groups in total. The Morgan fingerprint density at radius 1 is 1.53 bits per heavy atom. The van der Waals surface area contributed by atoms with Crippen molar-refractivity contribution in [3.63, 3.8) is 0 Å². The molecular weight excluding hydrogens is 200 g/mol. The van der Waals surface area contributed by atoms with Gasteiger partial charge in [-0.2, -0.15) is 0 Å². The summed E-state index contributed by atoms with van der Waals surface area (Å²) in [6.45, 7) is -0.0953. The Morgan fingerprint density at radius 2 is 2.20 bits per heavy atom. The van der Waals surface area contributed by atoms with Gasteiger partial charge in [-0.1, -0.05) is 0 Å². The van der Waals surface area contributed by atoms with Crippen molar-refractivity contribution in [2.24, 2.45) is 11.7 Å². The van der Waals surface area contributed by atoms with Crippen LogP contribution in [0, 0.1) is 5.92 Å². The maximum Gasteiger partial charge on any atom is 0.335 e. The number of esters is 1. The third-order valence-corrected chi connectivity index (χ3v) is 2.20. The van der Waals surface area contributed by atoms with E-state index in [2.05, 4.69) is 10.1 Å². The van der Waals surface area contributed by atoms with Crippen LogP contribution in [0.1, 0.15) is 12.8 Å². The highest BCUT2D eigenvalue weighted by Crippen LogP contribution is 2.34. The fourth-order valence-corrected chi connectivity index (χ4v) is 1.20. The van der Waals surface area contributed by atoms with Gasteiger partial charge >= 0.3 is 5.97 Å². The minimum atomic E-state index is -0.562. The Kier molecular flexibility index (Phi) is 4.51. The summed E-state index contributed by atoms with van der Waals surface area (Å²) in [5.41, 5.74) is 5.09. The Morgan fingerprint density at radius 3 is 2.67 bits per heavy atom. The average molecular weight is 216 g/mol. The summed E-state index contributed by atoms with van der Waals surface area (Å²) >= 11 is 0. The summed E-state index contributed by atoms with van der Waals surface area (Å²) in [6.07, 6.45) is 1.36. The van der Waals surface area contributed by atoms with Gasteiger partial charge in [-0.3, -0.25) is 4.79 Å². The largest absolute Gasteiger partial charge is 0.467 e. The van der Waals surface area contributed by atoms with Gasteiger partial charge in [-0.15, -0.1) is 0 Å². The molecule has 1 fully saturated rings. The first-order chi connectivity index (χ1) is 7.19. The average Bonchev–Trinajstić information content (AvgIpc) is 3.06. The molecule has 15 heavy (non-hydrogen) atoms. The number of nitrogens with one attached hydrogen (secondary N) is 1. The molecule has 1 aliphatic rings. The number of hydrogen-bond donors (Lipinski definition) is 2. The van der Waals surface area contributed by atoms with Crippen molar-refractivity contribution in [3.8, 4) is 0 Å². The first kappa shape index (κ1) is 11.9. The van der Waals surface area contributed by atoms with Crippen molar-refractivity contribution in [1.29, 1.82) is 0 Å². The van der Waals surface area contributed by atoms with Crippen molar-refractivity contribution in [1.82, 2.24) is 5.32 Å². The first-order valence-corrected chi connectivity index (χ1v) is 4.85. The van der Waals surface area contributed by atoms with E-state index < -0.39 is 6.10 Å². The molecule has 0 bridgehead atoms. The standard InChI is InChI=1S/C9H16N2O4/c1-14-9(13)8(6-2-3-6)15-5-11-7(12)4-10/h6,8H,2-5,10H2,1H3,(H,11,12). The minimum absolute atomic E-state index is 0.00764. The van der Waals surface area contributed by atoms with Crippen LogP contribution in [0.2, 0.25) is 0 Å². The van der Waals surface area contributed by atoms with Gasteiger partial charge in [0.25, 0.3) is 0 Å². The smallest absolute Gasteiger partial charge is 0.335 e. The van der Waals surface area contributed by atoms with E-state index in [1.54, 1.807) is 0 Å². The van der Waals surface area contributed by atoms with E-state index in [9.17, 15) is 9.59 Å². The van der Waals surface area contributed by atoms with Gasteiger partial charge in [0.2, 0.25) is 5.91 Å². The molecule has 0 aromatic carbocycles. The van der Waals surface area contributed by atoms with Gasteiger partial charge in [0.05, 0.1) is 13.7 Å². The molecule has 1 atom stereocenters. The number of carbonyl (C=O) groups excluding carboxylic acids is 2. The van der Waals surface area contributed by atoms with Crippen LogP contribution in [0.15, 0.2) is 0 Å². The van der Waals surface area contributed by atoms with Crippen molar-refractivity contribution >= 4 is 11.9 Å². The van der Waals surface area contributed by atoms with Crippen LogP contribution in [0.4, 0.5) is 0 Å². The van der Waals surface area contributed by atoms with Gasteiger partial charge in [0.1, 0.15) is 6.73 Å². The number of ether oxygens (including phenoxy) is 2. The number of methoxy groups -OCH3 is 1. The summed E-state index contributed by atoms with van der Waals surface area (Å²) in [5, 5.41) is 2.43. The Labute approximate surface area is 88.1 Å². The van der Waals surface area contributed by atoms with Crippen molar-refractivity contribution in [2.75, 3.05) is 20.4 Å². The molecule has 1 aliphatic carbocycles. The maximum absolute atomic E-state index is 11.3. The molecule has 6 heteroatoms. The van der Waals surface area contributed by atoms with Gasteiger partial charge in [-0.25, -0.2) is 4.79 Å². The summed E-state index contributed by atoms with van der Waals surface area (Å²) in [6, 6.07) is 0. The maximum atomic E-state index is 11.3. The first-order valence-electron chi connectivity index (χ1n) is 4.85. The zero-order chi connectivity index (χ0) is 11.3. The highest BCUT2D eigenvalue weighted by molar-refractivity contribution is 5.77. The molecule has 0 aliphatic heterocycles. The molecule has 0 heterocycles. The van der Waals surface area contributed by atoms with Crippen LogP contribution in [0.25, 0.3) is 0 Å². The van der Waals surface area contributed by atoms with E-state index in [1.165, 1.54) is 7.11 Å². The Bertz CT molecular complexity index is 240. The SMILES string of the molecule is COC(=O)C(OCNC(=O)CN)C1CC1. The van der Waals surface area contributed by atoms with E-state index in [0.29, 0.717) is 0 Å². The van der Waals surface area contributed by atoms with Gasteiger partial charge in [-0.05, 0) is 18.8 Å². The lowest BCUT2D eigenvalue weighted by Gasteiger charge is -2.14. The molecule has 0 aromatic rings. The number of carbonyl (C=O) groups is 2. The molecule has 1 amide bonds. The van der Waals surface area contributed by atoms with Crippen LogP contribution in [-0.2, 0) is 19.1 Å². The van der Waals surface area contributed by atoms with Gasteiger partial charge < -0.3 is 20.5 Å². The van der Waals surface area contributed by atoms with Crippen LogP contribution in [0.3, 0.4) is 0 Å². The fraction of sp³-hybridized carbons (Fsp3) is 0.778. The lowest BCUT2D eigenvalue weighted by Crippen LogP contribution is -2.36. The predicted molar refractivity (Wildman–Crippen MR) is 51.7 cm³/mol. The quantitative estimate of drug-likeness (QED) is 0.438. The van der Waals surface area contributed by atoms with Crippen LogP contribution < -0.4 is 11.1 Å². The molecule has 0 spiro atoms. The molecule has 1 rings (SSSR count). The molecule has 0 saturated heterocycles. The lowest BCUT2D eigenvalue weighted by molar-refractivity contribution is -0.157. The molecule has 0 aromatic heterocycles. The van der Waals surface area contributed by atoms with E-state index in [-0.39, 0.29) is 31.1 Å². The highest BCUT2D eigenvalue weighted by Gasteiger charge is 2.37. The summed E-state index contributed by atoms with van der Waals surface area (Å²) in [4.78, 5) is 22.0. The Balaban J connectivity index is 2.26. The second-order valence-corrected chi connectivity index (χ2v) is 3.40. The number of hydrogen-bond acceptors (Lipinski definition) is 5. The van der Waals surface area contributed by atoms with E-state index in [4.69, 9.17) is 10.5 Å². The van der Waals surface area contributed by atoms with E-state index >= 15 is 0 Å². The molecule has 1 saturated carbocycles. The summed E-state index contributed by atoms with van der Waals surface area (Å²) < 4.78 is 9.83. The van der Waals surface area contributed by atoms with Crippen LogP contribution >= 0.6 is 0 Å². The number of rotatable bonds is 6. The minimum Gasteiger partial charge on any atom is -0.467 e. The molecular formula is C9H16N2O4. The Hall–Kier alpha value is -1.14. The molecule has 86 valence electrons. The van der Waals surface area contributed by atoms with E-state index in [0.717, 1.165) is 12.8 Å². The van der Waals surface area contributed by atoms with Crippen LogP contribution in [0.5, 0.6) is 0 Å². The number of amides is 1. The van der Waals surface area contributed by atoms with E-state index in [1.807, 2.05) is 0 Å². The second kappa shape index (κ2) is 5.67. The van der Waals surface area contributed by atoms with Gasteiger partial charge in [0, 0.05) is 0 Å². The summed E-state index contributed by atoms with van der Waals surface area (Å²) in [5.74, 6) is -0.471. The summed E-state index contributed by atoms with van der Waals surface area (Å²) in [7, 11) is 1.32. The zero-order valence-electron chi connectivity index (χ0n) is 8.69. The topological polar surface area (TPSA) is 90.6 Å². The van der Waals surface area contributed by atoms with Crippen LogP contribution in [-0.4, -0.2) is 38.4 Å². The molecule has 1 unspecified atom stereocenters.